The van der Waals surface area contributed by atoms with Gasteiger partial charge in [0.05, 0.1) is 24.5 Å². The fourth-order valence-corrected chi connectivity index (χ4v) is 2.18. The van der Waals surface area contributed by atoms with Gasteiger partial charge in [-0.1, -0.05) is 6.07 Å². The first-order valence-electron chi connectivity index (χ1n) is 5.21. The number of aliphatic hydroxyl groups excluding tert-OH is 1. The van der Waals surface area contributed by atoms with Crippen molar-refractivity contribution in [2.24, 2.45) is 0 Å². The number of benzene rings is 1. The fourth-order valence-electron chi connectivity index (χ4n) is 1.46. The Hall–Kier alpha value is -1.97. The molecule has 0 saturated heterocycles. The molecule has 0 aliphatic rings. The fraction of sp³-hybridized carbons (Fsp3) is 0.167. The van der Waals surface area contributed by atoms with Crippen molar-refractivity contribution in [3.8, 4) is 6.07 Å². The van der Waals surface area contributed by atoms with Crippen LogP contribution in [0.3, 0.4) is 0 Å². The van der Waals surface area contributed by atoms with Gasteiger partial charge < -0.3 is 10.4 Å². The molecule has 0 aliphatic heterocycles. The largest absolute Gasteiger partial charge is 0.390 e. The van der Waals surface area contributed by atoms with Crippen molar-refractivity contribution in [3.63, 3.8) is 0 Å². The normalized spacial score (nSPS) is 10.1. The minimum absolute atomic E-state index is 0.00330. The van der Waals surface area contributed by atoms with Crippen LogP contribution in [0.1, 0.15) is 16.3 Å². The quantitative estimate of drug-likeness (QED) is 0.887. The number of aromatic nitrogens is 1. The molecule has 1 aromatic carbocycles. The van der Waals surface area contributed by atoms with Crippen molar-refractivity contribution in [2.75, 3.05) is 5.32 Å². The third kappa shape index (κ3) is 2.64. The molecule has 0 amide bonds. The molecule has 18 heavy (non-hydrogen) atoms. The van der Waals surface area contributed by atoms with E-state index >= 15 is 0 Å². The van der Waals surface area contributed by atoms with Crippen molar-refractivity contribution in [1.29, 1.82) is 5.26 Å². The minimum atomic E-state index is -0.544. The van der Waals surface area contributed by atoms with Crippen molar-refractivity contribution >= 4 is 17.0 Å². The van der Waals surface area contributed by atoms with Gasteiger partial charge in [-0.3, -0.25) is 0 Å². The molecule has 2 N–H and O–H groups in total. The van der Waals surface area contributed by atoms with E-state index in [1.165, 1.54) is 17.4 Å². The van der Waals surface area contributed by atoms with Gasteiger partial charge in [0.25, 0.3) is 0 Å². The van der Waals surface area contributed by atoms with Crippen LogP contribution >= 0.6 is 11.3 Å². The van der Waals surface area contributed by atoms with Gasteiger partial charge in [-0.2, -0.15) is 5.26 Å². The topological polar surface area (TPSA) is 68.9 Å². The zero-order chi connectivity index (χ0) is 13.0. The van der Waals surface area contributed by atoms with Crippen molar-refractivity contribution < 1.29 is 9.50 Å². The van der Waals surface area contributed by atoms with Crippen LogP contribution in [0, 0.1) is 17.1 Å². The van der Waals surface area contributed by atoms with Crippen LogP contribution in [0.2, 0.25) is 0 Å². The zero-order valence-corrected chi connectivity index (χ0v) is 10.2. The van der Waals surface area contributed by atoms with E-state index in [-0.39, 0.29) is 12.2 Å². The molecular formula is C12H10FN3OS. The van der Waals surface area contributed by atoms with Crippen LogP contribution in [0.25, 0.3) is 0 Å². The summed E-state index contributed by atoms with van der Waals surface area (Å²) >= 11 is 1.40. The van der Waals surface area contributed by atoms with Crippen LogP contribution in [0.4, 0.5) is 10.1 Å². The highest BCUT2D eigenvalue weighted by molar-refractivity contribution is 7.09. The summed E-state index contributed by atoms with van der Waals surface area (Å²) < 4.78 is 13.3. The Bertz CT molecular complexity index is 591. The van der Waals surface area contributed by atoms with Gasteiger partial charge in [0, 0.05) is 5.38 Å². The highest BCUT2D eigenvalue weighted by atomic mass is 32.1. The second kappa shape index (κ2) is 5.58. The highest BCUT2D eigenvalue weighted by Gasteiger charge is 2.08. The number of anilines is 1. The Morgan fingerprint density at radius 3 is 3.00 bits per heavy atom. The number of nitriles is 1. The molecule has 0 saturated carbocycles. The van der Waals surface area contributed by atoms with Gasteiger partial charge in [-0.15, -0.1) is 11.3 Å². The summed E-state index contributed by atoms with van der Waals surface area (Å²) in [5, 5.41) is 23.2. The molecule has 1 aromatic heterocycles. The van der Waals surface area contributed by atoms with Crippen LogP contribution in [0.5, 0.6) is 0 Å². The molecule has 2 rings (SSSR count). The number of hydrogen-bond donors (Lipinski definition) is 2. The molecule has 92 valence electrons. The average Bonchev–Trinajstić information content (AvgIpc) is 2.84. The molecule has 0 spiro atoms. The Labute approximate surface area is 107 Å². The second-order valence-electron chi connectivity index (χ2n) is 3.52. The molecule has 0 radical (unpaired) electrons. The molecule has 0 unspecified atom stereocenters. The predicted molar refractivity (Wildman–Crippen MR) is 66.5 cm³/mol. The molecule has 0 atom stereocenters. The number of aliphatic hydroxyl groups is 1. The Kier molecular flexibility index (Phi) is 3.87. The Morgan fingerprint density at radius 1 is 1.50 bits per heavy atom. The summed E-state index contributed by atoms with van der Waals surface area (Å²) in [5.41, 5.74) is 1.05. The summed E-state index contributed by atoms with van der Waals surface area (Å²) in [6.07, 6.45) is 0. The Morgan fingerprint density at radius 2 is 2.33 bits per heavy atom. The van der Waals surface area contributed by atoms with Gasteiger partial charge in [-0.05, 0) is 12.1 Å². The molecule has 2 aromatic rings. The summed E-state index contributed by atoms with van der Waals surface area (Å²) in [4.78, 5) is 4.15. The van der Waals surface area contributed by atoms with E-state index in [0.717, 1.165) is 5.01 Å². The minimum Gasteiger partial charge on any atom is -0.390 e. The van der Waals surface area contributed by atoms with Gasteiger partial charge in [0.15, 0.2) is 0 Å². The summed E-state index contributed by atoms with van der Waals surface area (Å²) in [5.74, 6) is -0.544. The summed E-state index contributed by atoms with van der Waals surface area (Å²) in [7, 11) is 0. The third-order valence-corrected chi connectivity index (χ3v) is 3.21. The zero-order valence-electron chi connectivity index (χ0n) is 9.35. The van der Waals surface area contributed by atoms with Gasteiger partial charge in [0.1, 0.15) is 22.5 Å². The lowest BCUT2D eigenvalue weighted by Crippen LogP contribution is -2.02. The lowest BCUT2D eigenvalue weighted by molar-refractivity contribution is 0.277. The van der Waals surface area contributed by atoms with Gasteiger partial charge >= 0.3 is 0 Å². The SMILES string of the molecule is N#Cc1c(F)cccc1NCc1nc(CO)cs1. The number of halogens is 1. The molecule has 0 bridgehead atoms. The van der Waals surface area contributed by atoms with Crippen molar-refractivity contribution in [3.05, 3.63) is 45.7 Å². The van der Waals surface area contributed by atoms with E-state index in [1.807, 2.05) is 6.07 Å². The standard InChI is InChI=1S/C12H10FN3OS/c13-10-2-1-3-11(9(10)4-14)15-5-12-16-8(6-17)7-18-12/h1-3,7,15,17H,5-6H2. The molecule has 6 heteroatoms. The van der Waals surface area contributed by atoms with E-state index in [0.29, 0.717) is 17.9 Å². The number of rotatable bonds is 4. The Balaban J connectivity index is 2.11. The lowest BCUT2D eigenvalue weighted by Gasteiger charge is -2.06. The number of nitrogens with one attached hydrogen (secondary N) is 1. The van der Waals surface area contributed by atoms with E-state index in [9.17, 15) is 4.39 Å². The number of nitrogens with zero attached hydrogens (tertiary/aromatic N) is 2. The van der Waals surface area contributed by atoms with Crippen LogP contribution < -0.4 is 5.32 Å². The van der Waals surface area contributed by atoms with Gasteiger partial charge in [-0.25, -0.2) is 9.37 Å². The van der Waals surface area contributed by atoms with E-state index in [1.54, 1.807) is 17.5 Å². The molecule has 0 aliphatic carbocycles. The molecule has 1 heterocycles. The van der Waals surface area contributed by atoms with E-state index < -0.39 is 5.82 Å². The van der Waals surface area contributed by atoms with Crippen molar-refractivity contribution in [2.45, 2.75) is 13.2 Å². The molecule has 4 nitrogen and oxygen atoms in total. The van der Waals surface area contributed by atoms with Crippen LogP contribution in [-0.4, -0.2) is 10.1 Å². The average molecular weight is 263 g/mol. The van der Waals surface area contributed by atoms with Crippen molar-refractivity contribution in [1.82, 2.24) is 4.98 Å². The smallest absolute Gasteiger partial charge is 0.143 e. The highest BCUT2D eigenvalue weighted by Crippen LogP contribution is 2.19. The number of hydrogen-bond acceptors (Lipinski definition) is 5. The number of thiazole rings is 1. The van der Waals surface area contributed by atoms with Crippen LogP contribution in [-0.2, 0) is 13.2 Å². The first kappa shape index (κ1) is 12.5. The summed E-state index contributed by atoms with van der Waals surface area (Å²) in [6.45, 7) is 0.294. The molecular weight excluding hydrogens is 253 g/mol. The van der Waals surface area contributed by atoms with E-state index in [2.05, 4.69) is 10.3 Å². The maximum Gasteiger partial charge on any atom is 0.143 e. The first-order valence-corrected chi connectivity index (χ1v) is 6.09. The maximum atomic E-state index is 13.3. The van der Waals surface area contributed by atoms with Gasteiger partial charge in [0.2, 0.25) is 0 Å². The van der Waals surface area contributed by atoms with E-state index in [4.69, 9.17) is 10.4 Å². The van der Waals surface area contributed by atoms with Crippen LogP contribution in [0.15, 0.2) is 23.6 Å². The summed E-state index contributed by atoms with van der Waals surface area (Å²) in [6, 6.07) is 6.25. The molecule has 0 fully saturated rings. The predicted octanol–water partition coefficient (Wildman–Crippen LogP) is 2.26. The maximum absolute atomic E-state index is 13.3. The monoisotopic (exact) mass is 263 g/mol. The third-order valence-electron chi connectivity index (χ3n) is 2.32. The lowest BCUT2D eigenvalue weighted by atomic mass is 10.2. The first-order chi connectivity index (χ1) is 8.74. The second-order valence-corrected chi connectivity index (χ2v) is 4.46.